The van der Waals surface area contributed by atoms with E-state index in [1.165, 1.54) is 4.90 Å². The molecule has 0 bridgehead atoms. The van der Waals surface area contributed by atoms with Crippen LogP contribution >= 0.6 is 0 Å². The number of carbonyl (C=O) groups excluding carboxylic acids is 3. The molecular weight excluding hydrogens is 366 g/mol. The van der Waals surface area contributed by atoms with Crippen LogP contribution < -0.4 is 10.6 Å². The molecule has 2 saturated heterocycles. The first-order valence-electron chi connectivity index (χ1n) is 9.94. The monoisotopic (exact) mass is 397 g/mol. The Balaban J connectivity index is 1.99. The van der Waals surface area contributed by atoms with Gasteiger partial charge in [0.15, 0.2) is 12.2 Å². The van der Waals surface area contributed by atoms with E-state index < -0.39 is 42.1 Å². The molecule has 9 heteroatoms. The van der Waals surface area contributed by atoms with Crippen molar-refractivity contribution in [2.45, 2.75) is 71.2 Å². The van der Waals surface area contributed by atoms with Gasteiger partial charge in [0.05, 0.1) is 0 Å². The van der Waals surface area contributed by atoms with Crippen molar-refractivity contribution in [3.63, 3.8) is 0 Å². The highest BCUT2D eigenvalue weighted by Crippen LogP contribution is 2.25. The smallest absolute Gasteiger partial charge is 0.326 e. The van der Waals surface area contributed by atoms with Gasteiger partial charge in [0.1, 0.15) is 12.1 Å². The molecule has 2 heterocycles. The third-order valence-corrected chi connectivity index (χ3v) is 5.29. The molecule has 0 aliphatic carbocycles. The molecular formula is C19H31N3O6. The first kappa shape index (κ1) is 22.1. The van der Waals surface area contributed by atoms with E-state index in [9.17, 15) is 24.3 Å². The third kappa shape index (κ3) is 5.21. The van der Waals surface area contributed by atoms with Crippen LogP contribution in [0.25, 0.3) is 0 Å². The van der Waals surface area contributed by atoms with Crippen molar-refractivity contribution in [1.29, 1.82) is 0 Å². The molecule has 0 aromatic heterocycles. The van der Waals surface area contributed by atoms with Crippen molar-refractivity contribution in [3.05, 3.63) is 0 Å². The zero-order chi connectivity index (χ0) is 21.0. The zero-order valence-corrected chi connectivity index (χ0v) is 16.9. The number of ether oxygens (including phenoxy) is 1. The Bertz CT molecular complexity index is 623. The molecule has 0 spiro atoms. The van der Waals surface area contributed by atoms with E-state index >= 15 is 0 Å². The number of carbonyl (C=O) groups is 4. The molecule has 0 aromatic rings. The van der Waals surface area contributed by atoms with Crippen LogP contribution in [0.5, 0.6) is 0 Å². The molecule has 3 unspecified atom stereocenters. The molecule has 9 nitrogen and oxygen atoms in total. The molecule has 2 aliphatic heterocycles. The highest BCUT2D eigenvalue weighted by Gasteiger charge is 2.51. The summed E-state index contributed by atoms with van der Waals surface area (Å²) in [5, 5.41) is 14.7. The standard InChI is InChI=1S/C19H31N3O6/c1-5-11(4)13(18(25)22-8-6-7-12(22)19(26)27)21-17(24)15-14(28-15)16(23)20-9-10(2)3/h10-15H,5-9H2,1-4H3,(H,20,23)(H,21,24)(H,26,27)/t11?,12-,13+,14?,15?/m1/s1. The molecule has 0 saturated carbocycles. The fourth-order valence-corrected chi connectivity index (χ4v) is 3.30. The van der Waals surface area contributed by atoms with Crippen molar-refractivity contribution in [3.8, 4) is 0 Å². The average molecular weight is 397 g/mol. The van der Waals surface area contributed by atoms with Gasteiger partial charge in [0.25, 0.3) is 11.8 Å². The van der Waals surface area contributed by atoms with Crippen LogP contribution in [0.1, 0.15) is 47.0 Å². The van der Waals surface area contributed by atoms with Gasteiger partial charge >= 0.3 is 5.97 Å². The van der Waals surface area contributed by atoms with Crippen molar-refractivity contribution in [1.82, 2.24) is 15.5 Å². The summed E-state index contributed by atoms with van der Waals surface area (Å²) in [7, 11) is 0. The minimum absolute atomic E-state index is 0.182. The molecule has 2 rings (SSSR count). The second-order valence-electron chi connectivity index (χ2n) is 8.02. The first-order chi connectivity index (χ1) is 13.2. The van der Waals surface area contributed by atoms with Gasteiger partial charge in [-0.25, -0.2) is 4.79 Å². The van der Waals surface area contributed by atoms with Crippen LogP contribution in [-0.4, -0.2) is 71.1 Å². The second kappa shape index (κ2) is 9.36. The normalized spacial score (nSPS) is 25.9. The Hall–Kier alpha value is -2.16. The third-order valence-electron chi connectivity index (χ3n) is 5.29. The van der Waals surface area contributed by atoms with Crippen molar-refractivity contribution < 1.29 is 29.0 Å². The number of aliphatic carboxylic acids is 1. The van der Waals surface area contributed by atoms with Crippen molar-refractivity contribution >= 4 is 23.7 Å². The lowest BCUT2D eigenvalue weighted by Crippen LogP contribution is -2.55. The van der Waals surface area contributed by atoms with E-state index in [1.807, 2.05) is 27.7 Å². The lowest BCUT2D eigenvalue weighted by molar-refractivity contribution is -0.150. The summed E-state index contributed by atoms with van der Waals surface area (Å²) >= 11 is 0. The van der Waals surface area contributed by atoms with E-state index in [4.69, 9.17) is 4.74 Å². The topological polar surface area (TPSA) is 128 Å². The molecule has 0 radical (unpaired) electrons. The SMILES string of the molecule is CCC(C)[C@H](NC(=O)C1OC1C(=O)NCC(C)C)C(=O)N1CCC[C@@H]1C(=O)O. The van der Waals surface area contributed by atoms with E-state index in [0.29, 0.717) is 32.4 Å². The molecule has 5 atom stereocenters. The summed E-state index contributed by atoms with van der Waals surface area (Å²) < 4.78 is 5.21. The van der Waals surface area contributed by atoms with Gasteiger partial charge < -0.3 is 25.4 Å². The van der Waals surface area contributed by atoms with Crippen LogP contribution in [0.4, 0.5) is 0 Å². The summed E-state index contributed by atoms with van der Waals surface area (Å²) in [6.45, 7) is 8.50. The van der Waals surface area contributed by atoms with E-state index in [-0.39, 0.29) is 17.7 Å². The summed E-state index contributed by atoms with van der Waals surface area (Å²) in [6.07, 6.45) is -0.100. The number of amides is 3. The van der Waals surface area contributed by atoms with Gasteiger partial charge in [-0.2, -0.15) is 0 Å². The summed E-state index contributed by atoms with van der Waals surface area (Å²) in [4.78, 5) is 50.2. The number of carboxylic acids is 1. The van der Waals surface area contributed by atoms with E-state index in [2.05, 4.69) is 10.6 Å². The average Bonchev–Trinajstić information content (AvgIpc) is 3.30. The number of epoxide rings is 1. The lowest BCUT2D eigenvalue weighted by atomic mass is 9.97. The van der Waals surface area contributed by atoms with Crippen LogP contribution in [0, 0.1) is 11.8 Å². The number of hydrogen-bond donors (Lipinski definition) is 3. The van der Waals surface area contributed by atoms with Crippen LogP contribution in [-0.2, 0) is 23.9 Å². The van der Waals surface area contributed by atoms with E-state index in [1.54, 1.807) is 0 Å². The number of rotatable bonds is 9. The molecule has 28 heavy (non-hydrogen) atoms. The van der Waals surface area contributed by atoms with Gasteiger partial charge in [-0.1, -0.05) is 34.1 Å². The number of nitrogens with one attached hydrogen (secondary N) is 2. The van der Waals surface area contributed by atoms with Gasteiger partial charge in [0, 0.05) is 13.1 Å². The van der Waals surface area contributed by atoms with Crippen molar-refractivity contribution in [2.75, 3.05) is 13.1 Å². The number of hydrogen-bond acceptors (Lipinski definition) is 5. The second-order valence-corrected chi connectivity index (χ2v) is 8.02. The maximum Gasteiger partial charge on any atom is 0.326 e. The lowest BCUT2D eigenvalue weighted by Gasteiger charge is -2.30. The molecule has 158 valence electrons. The predicted molar refractivity (Wildman–Crippen MR) is 100 cm³/mol. The number of nitrogens with zero attached hydrogens (tertiary/aromatic N) is 1. The fourth-order valence-electron chi connectivity index (χ4n) is 3.30. The highest BCUT2D eigenvalue weighted by atomic mass is 16.6. The van der Waals surface area contributed by atoms with E-state index in [0.717, 1.165) is 0 Å². The molecule has 3 amide bonds. The number of carboxylic acid groups (broad SMARTS) is 1. The fraction of sp³-hybridized carbons (Fsp3) is 0.789. The van der Waals surface area contributed by atoms with Crippen LogP contribution in [0.15, 0.2) is 0 Å². The Labute approximate surface area is 165 Å². The summed E-state index contributed by atoms with van der Waals surface area (Å²) in [6, 6.07) is -1.70. The first-order valence-corrected chi connectivity index (χ1v) is 9.94. The molecule has 3 N–H and O–H groups in total. The Morgan fingerprint density at radius 3 is 2.36 bits per heavy atom. The Morgan fingerprint density at radius 1 is 1.14 bits per heavy atom. The minimum Gasteiger partial charge on any atom is -0.480 e. The largest absolute Gasteiger partial charge is 0.480 e. The maximum atomic E-state index is 13.0. The summed E-state index contributed by atoms with van der Waals surface area (Å²) in [5.41, 5.74) is 0. The summed E-state index contributed by atoms with van der Waals surface area (Å²) in [5.74, 6) is -2.19. The van der Waals surface area contributed by atoms with Gasteiger partial charge in [-0.05, 0) is 24.7 Å². The Morgan fingerprint density at radius 2 is 1.79 bits per heavy atom. The van der Waals surface area contributed by atoms with Crippen LogP contribution in [0.3, 0.4) is 0 Å². The molecule has 0 aromatic carbocycles. The predicted octanol–water partition coefficient (Wildman–Crippen LogP) is 0.133. The minimum atomic E-state index is -1.03. The van der Waals surface area contributed by atoms with Gasteiger partial charge in [0.2, 0.25) is 5.91 Å². The maximum absolute atomic E-state index is 13.0. The molecule has 2 fully saturated rings. The molecule has 2 aliphatic rings. The number of likely N-dealkylation sites (tertiary alicyclic amines) is 1. The zero-order valence-electron chi connectivity index (χ0n) is 16.9. The van der Waals surface area contributed by atoms with Crippen molar-refractivity contribution in [2.24, 2.45) is 11.8 Å². The highest BCUT2D eigenvalue weighted by molar-refractivity contribution is 5.97. The van der Waals surface area contributed by atoms with Gasteiger partial charge in [-0.3, -0.25) is 14.4 Å². The quantitative estimate of drug-likeness (QED) is 0.475. The van der Waals surface area contributed by atoms with Gasteiger partial charge in [-0.15, -0.1) is 0 Å². The van der Waals surface area contributed by atoms with Crippen LogP contribution in [0.2, 0.25) is 0 Å². The Kier molecular flexibility index (Phi) is 7.40.